The summed E-state index contributed by atoms with van der Waals surface area (Å²) in [6.45, 7) is 1.74. The van der Waals surface area contributed by atoms with Crippen molar-refractivity contribution in [2.24, 2.45) is 0 Å². The molecule has 4 nitrogen and oxygen atoms in total. The smallest absolute Gasteiger partial charge is 0.149 e. The van der Waals surface area contributed by atoms with Gasteiger partial charge >= 0.3 is 0 Å². The third-order valence-corrected chi connectivity index (χ3v) is 1.98. The van der Waals surface area contributed by atoms with Gasteiger partial charge in [-0.05, 0) is 6.92 Å². The van der Waals surface area contributed by atoms with Gasteiger partial charge in [-0.3, -0.25) is 0 Å². The third kappa shape index (κ3) is 6.00. The summed E-state index contributed by atoms with van der Waals surface area (Å²) >= 11 is 0. The molecule has 5 heteroatoms. The molecule has 0 rings (SSSR count). The van der Waals surface area contributed by atoms with Crippen LogP contribution in [0.1, 0.15) is 6.92 Å². The maximum Gasteiger partial charge on any atom is 0.149 e. The summed E-state index contributed by atoms with van der Waals surface area (Å²) in [4.78, 5) is 4.54. The Balaban J connectivity index is 3.69. The molecule has 10 heavy (non-hydrogen) atoms. The van der Waals surface area contributed by atoms with E-state index in [1.807, 2.05) is 0 Å². The SMILES string of the molecule is CONC(C)CS(C)(=O)=O. The lowest BCUT2D eigenvalue weighted by molar-refractivity contribution is 0.0719. The first-order valence-electron chi connectivity index (χ1n) is 2.92. The lowest BCUT2D eigenvalue weighted by Gasteiger charge is -2.08. The minimum absolute atomic E-state index is 0.0981. The zero-order chi connectivity index (χ0) is 8.20. The van der Waals surface area contributed by atoms with Gasteiger partial charge in [0.15, 0.2) is 0 Å². The van der Waals surface area contributed by atoms with E-state index in [4.69, 9.17) is 0 Å². The molecule has 0 aliphatic carbocycles. The van der Waals surface area contributed by atoms with Crippen LogP contribution in [0, 0.1) is 0 Å². The molecule has 0 aromatic carbocycles. The highest BCUT2D eigenvalue weighted by atomic mass is 32.2. The van der Waals surface area contributed by atoms with Gasteiger partial charge in [-0.1, -0.05) is 0 Å². The summed E-state index contributed by atoms with van der Waals surface area (Å²) in [6.07, 6.45) is 1.20. The van der Waals surface area contributed by atoms with Crippen LogP contribution in [0.3, 0.4) is 0 Å². The number of hydrogen-bond donors (Lipinski definition) is 1. The normalized spacial score (nSPS) is 15.1. The van der Waals surface area contributed by atoms with E-state index in [1.165, 1.54) is 13.4 Å². The Kier molecular flexibility index (Phi) is 3.85. The molecule has 0 saturated carbocycles. The monoisotopic (exact) mass is 167 g/mol. The summed E-state index contributed by atoms with van der Waals surface area (Å²) in [5.74, 6) is 0.0981. The Morgan fingerprint density at radius 1 is 1.60 bits per heavy atom. The van der Waals surface area contributed by atoms with Crippen LogP contribution in [0.5, 0.6) is 0 Å². The molecule has 1 N–H and O–H groups in total. The quantitative estimate of drug-likeness (QED) is 0.577. The number of hydroxylamine groups is 1. The van der Waals surface area contributed by atoms with E-state index < -0.39 is 9.84 Å². The molecule has 62 valence electrons. The molecule has 0 aromatic heterocycles. The molecule has 0 spiro atoms. The minimum Gasteiger partial charge on any atom is -0.305 e. The topological polar surface area (TPSA) is 55.4 Å². The Morgan fingerprint density at radius 2 is 2.10 bits per heavy atom. The largest absolute Gasteiger partial charge is 0.305 e. The van der Waals surface area contributed by atoms with Gasteiger partial charge in [0.1, 0.15) is 9.84 Å². The predicted octanol–water partition coefficient (Wildman–Crippen LogP) is -0.429. The molecular weight excluding hydrogens is 154 g/mol. The van der Waals surface area contributed by atoms with Crippen molar-refractivity contribution in [1.82, 2.24) is 5.48 Å². The lowest BCUT2D eigenvalue weighted by atomic mass is 10.4. The summed E-state index contributed by atoms with van der Waals surface area (Å²) < 4.78 is 21.2. The van der Waals surface area contributed by atoms with E-state index in [9.17, 15) is 8.42 Å². The average molecular weight is 167 g/mol. The van der Waals surface area contributed by atoms with Crippen LogP contribution >= 0.6 is 0 Å². The third-order valence-electron chi connectivity index (χ3n) is 0.872. The molecule has 0 radical (unpaired) electrons. The molecular formula is C5H13NO3S. The second-order valence-electron chi connectivity index (χ2n) is 2.32. The molecule has 1 atom stereocenters. The van der Waals surface area contributed by atoms with E-state index >= 15 is 0 Å². The van der Waals surface area contributed by atoms with E-state index in [-0.39, 0.29) is 11.8 Å². The van der Waals surface area contributed by atoms with Crippen LogP contribution in [0.25, 0.3) is 0 Å². The van der Waals surface area contributed by atoms with E-state index in [0.717, 1.165) is 0 Å². The minimum atomic E-state index is -2.89. The van der Waals surface area contributed by atoms with E-state index in [0.29, 0.717) is 0 Å². The first-order valence-corrected chi connectivity index (χ1v) is 4.98. The predicted molar refractivity (Wildman–Crippen MR) is 39.3 cm³/mol. The Bertz CT molecular complexity index is 175. The van der Waals surface area contributed by atoms with Crippen LogP contribution in [-0.2, 0) is 14.7 Å². The highest BCUT2D eigenvalue weighted by Gasteiger charge is 2.08. The van der Waals surface area contributed by atoms with Crippen molar-refractivity contribution in [3.8, 4) is 0 Å². The number of hydrogen-bond acceptors (Lipinski definition) is 4. The van der Waals surface area contributed by atoms with Crippen LogP contribution in [0.15, 0.2) is 0 Å². The summed E-state index contributed by atoms with van der Waals surface area (Å²) in [5, 5.41) is 0. The van der Waals surface area contributed by atoms with Gasteiger partial charge in [0, 0.05) is 12.3 Å². The van der Waals surface area contributed by atoms with Crippen molar-refractivity contribution < 1.29 is 13.3 Å². The molecule has 0 aromatic rings. The van der Waals surface area contributed by atoms with Crippen molar-refractivity contribution in [1.29, 1.82) is 0 Å². The summed E-state index contributed by atoms with van der Waals surface area (Å²) in [6, 6.07) is -0.153. The van der Waals surface area contributed by atoms with Crippen LogP contribution in [0.4, 0.5) is 0 Å². The highest BCUT2D eigenvalue weighted by Crippen LogP contribution is 1.88. The number of sulfone groups is 1. The van der Waals surface area contributed by atoms with Crippen molar-refractivity contribution in [2.45, 2.75) is 13.0 Å². The molecule has 0 fully saturated rings. The van der Waals surface area contributed by atoms with Gasteiger partial charge in [0.25, 0.3) is 0 Å². The summed E-state index contributed by atoms with van der Waals surface area (Å²) in [7, 11) is -1.43. The Morgan fingerprint density at radius 3 is 2.40 bits per heavy atom. The van der Waals surface area contributed by atoms with Crippen LogP contribution in [-0.4, -0.2) is 33.6 Å². The molecule has 0 bridgehead atoms. The van der Waals surface area contributed by atoms with Gasteiger partial charge in [0.2, 0.25) is 0 Å². The fraction of sp³-hybridized carbons (Fsp3) is 1.00. The summed E-state index contributed by atoms with van der Waals surface area (Å²) in [5.41, 5.74) is 2.52. The van der Waals surface area contributed by atoms with Crippen molar-refractivity contribution >= 4 is 9.84 Å². The molecule has 0 amide bonds. The highest BCUT2D eigenvalue weighted by molar-refractivity contribution is 7.90. The fourth-order valence-electron chi connectivity index (χ4n) is 0.689. The van der Waals surface area contributed by atoms with Gasteiger partial charge in [0.05, 0.1) is 12.9 Å². The van der Waals surface area contributed by atoms with Crippen molar-refractivity contribution in [2.75, 3.05) is 19.1 Å². The average Bonchev–Trinajstić information content (AvgIpc) is 1.59. The maximum atomic E-state index is 10.6. The lowest BCUT2D eigenvalue weighted by Crippen LogP contribution is -2.31. The van der Waals surface area contributed by atoms with Crippen molar-refractivity contribution in [3.63, 3.8) is 0 Å². The van der Waals surface area contributed by atoms with Crippen molar-refractivity contribution in [3.05, 3.63) is 0 Å². The van der Waals surface area contributed by atoms with Gasteiger partial charge in [-0.15, -0.1) is 0 Å². The molecule has 0 saturated heterocycles. The number of rotatable bonds is 4. The van der Waals surface area contributed by atoms with Gasteiger partial charge in [-0.2, -0.15) is 5.48 Å². The molecule has 0 aliphatic heterocycles. The standard InChI is InChI=1S/C5H13NO3S/c1-5(6-9-2)4-10(3,7)8/h5-6H,4H2,1-3H3. The molecule has 0 heterocycles. The fourth-order valence-corrected chi connectivity index (χ4v) is 1.67. The second kappa shape index (κ2) is 3.90. The van der Waals surface area contributed by atoms with Gasteiger partial charge < -0.3 is 4.84 Å². The van der Waals surface area contributed by atoms with E-state index in [1.54, 1.807) is 6.92 Å². The maximum absolute atomic E-state index is 10.6. The van der Waals surface area contributed by atoms with Crippen LogP contribution in [0.2, 0.25) is 0 Å². The zero-order valence-electron chi connectivity index (χ0n) is 6.42. The Hall–Kier alpha value is -0.130. The zero-order valence-corrected chi connectivity index (χ0v) is 7.23. The molecule has 1 unspecified atom stereocenters. The van der Waals surface area contributed by atoms with E-state index in [2.05, 4.69) is 10.3 Å². The first kappa shape index (κ1) is 9.87. The molecule has 0 aliphatic rings. The second-order valence-corrected chi connectivity index (χ2v) is 4.50. The number of nitrogens with one attached hydrogen (secondary N) is 1. The Labute approximate surface area is 61.4 Å². The van der Waals surface area contributed by atoms with Crippen LogP contribution < -0.4 is 5.48 Å². The first-order chi connectivity index (χ1) is 4.45. The van der Waals surface area contributed by atoms with Gasteiger partial charge in [-0.25, -0.2) is 8.42 Å².